The van der Waals surface area contributed by atoms with Crippen LogP contribution in [0, 0.1) is 0 Å². The Balaban J connectivity index is 1.18. The van der Waals surface area contributed by atoms with E-state index in [-0.39, 0.29) is 0 Å². The van der Waals surface area contributed by atoms with E-state index in [1.165, 1.54) is 0 Å². The van der Waals surface area contributed by atoms with Crippen molar-refractivity contribution in [3.05, 3.63) is 63.1 Å². The van der Waals surface area contributed by atoms with E-state index in [1.54, 1.807) is 12.1 Å². The Hall–Kier alpha value is -1.38. The number of hydrogen-bond donors (Lipinski definition) is 2. The number of fused-ring (bicyclic) bond motifs is 1. The molecule has 0 aliphatic carbocycles. The van der Waals surface area contributed by atoms with Crippen molar-refractivity contribution in [2.75, 3.05) is 32.9 Å². The molecule has 0 aromatic heterocycles. The van der Waals surface area contributed by atoms with Gasteiger partial charge in [0.2, 0.25) is 5.79 Å². The van der Waals surface area contributed by atoms with Gasteiger partial charge < -0.3 is 29.4 Å². The molecule has 0 bridgehead atoms. The first-order valence-electron chi connectivity index (χ1n) is 11.8. The molecular formula is C26H35Cl2NO5. The van der Waals surface area contributed by atoms with Gasteiger partial charge in [-0.3, -0.25) is 0 Å². The van der Waals surface area contributed by atoms with Crippen molar-refractivity contribution in [1.29, 1.82) is 0 Å². The lowest BCUT2D eigenvalue weighted by molar-refractivity contribution is -0.180. The first kappa shape index (κ1) is 27.2. The Bertz CT molecular complexity index is 889. The lowest BCUT2D eigenvalue weighted by Crippen LogP contribution is -2.35. The zero-order valence-electron chi connectivity index (χ0n) is 19.9. The minimum atomic E-state index is -0.612. The molecule has 0 saturated carbocycles. The molecule has 0 spiro atoms. The lowest BCUT2D eigenvalue weighted by atomic mass is 10.0. The van der Waals surface area contributed by atoms with Gasteiger partial charge in [0.05, 0.1) is 32.5 Å². The van der Waals surface area contributed by atoms with Crippen molar-refractivity contribution >= 4 is 23.2 Å². The number of benzene rings is 2. The van der Waals surface area contributed by atoms with Gasteiger partial charge >= 0.3 is 0 Å². The molecule has 0 fully saturated rings. The molecule has 0 saturated heterocycles. The number of unbranched alkanes of at least 4 members (excludes halogenated alkanes) is 2. The fourth-order valence-corrected chi connectivity index (χ4v) is 4.12. The van der Waals surface area contributed by atoms with E-state index in [0.717, 1.165) is 48.2 Å². The highest BCUT2D eigenvalue weighted by molar-refractivity contribution is 6.35. The van der Waals surface area contributed by atoms with Crippen LogP contribution >= 0.6 is 23.2 Å². The summed E-state index contributed by atoms with van der Waals surface area (Å²) in [6.07, 6.45) is 2.51. The minimum Gasteiger partial charge on any atom is -0.463 e. The van der Waals surface area contributed by atoms with Gasteiger partial charge in [0.15, 0.2) is 0 Å². The highest BCUT2D eigenvalue weighted by Crippen LogP contribution is 2.32. The number of aliphatic hydroxyl groups is 1. The second-order valence-corrected chi connectivity index (χ2v) is 9.62. The van der Waals surface area contributed by atoms with Crippen LogP contribution in [0.2, 0.25) is 10.0 Å². The van der Waals surface area contributed by atoms with Crippen LogP contribution < -0.4 is 10.1 Å². The first-order chi connectivity index (χ1) is 16.4. The topological polar surface area (TPSA) is 69.2 Å². The van der Waals surface area contributed by atoms with Crippen LogP contribution in [-0.4, -0.2) is 43.8 Å². The summed E-state index contributed by atoms with van der Waals surface area (Å²) in [6.45, 7) is 7.76. The summed E-state index contributed by atoms with van der Waals surface area (Å²) in [6, 6.07) is 11.2. The predicted octanol–water partition coefficient (Wildman–Crippen LogP) is 5.67. The quantitative estimate of drug-likeness (QED) is 0.318. The van der Waals surface area contributed by atoms with Crippen LogP contribution in [0.5, 0.6) is 5.75 Å². The van der Waals surface area contributed by atoms with E-state index in [1.807, 2.05) is 38.1 Å². The largest absolute Gasteiger partial charge is 0.463 e. The van der Waals surface area contributed by atoms with Gasteiger partial charge in [-0.25, -0.2) is 0 Å². The molecule has 34 heavy (non-hydrogen) atoms. The third-order valence-corrected chi connectivity index (χ3v) is 6.27. The molecule has 2 aromatic rings. The Morgan fingerprint density at radius 3 is 2.59 bits per heavy atom. The van der Waals surface area contributed by atoms with Crippen molar-refractivity contribution < 1.29 is 24.1 Å². The summed E-state index contributed by atoms with van der Waals surface area (Å²) < 4.78 is 22.7. The van der Waals surface area contributed by atoms with Crippen molar-refractivity contribution in [1.82, 2.24) is 5.32 Å². The van der Waals surface area contributed by atoms with E-state index in [4.69, 9.17) is 42.1 Å². The molecule has 1 heterocycles. The second-order valence-electron chi connectivity index (χ2n) is 8.80. The Morgan fingerprint density at radius 1 is 1.03 bits per heavy atom. The van der Waals surface area contributed by atoms with Crippen LogP contribution in [-0.2, 0) is 27.4 Å². The molecule has 6 nitrogen and oxygen atoms in total. The molecule has 0 radical (unpaired) electrons. The van der Waals surface area contributed by atoms with Crippen molar-refractivity contribution in [3.8, 4) is 5.75 Å². The monoisotopic (exact) mass is 511 g/mol. The summed E-state index contributed by atoms with van der Waals surface area (Å²) in [5.41, 5.74) is 2.64. The van der Waals surface area contributed by atoms with Gasteiger partial charge in [0.1, 0.15) is 5.75 Å². The van der Waals surface area contributed by atoms with Gasteiger partial charge in [-0.05, 0) is 55.6 Å². The van der Waals surface area contributed by atoms with Gasteiger partial charge in [-0.2, -0.15) is 0 Å². The van der Waals surface area contributed by atoms with E-state index in [2.05, 4.69) is 5.32 Å². The molecule has 0 amide bonds. The van der Waals surface area contributed by atoms with Crippen molar-refractivity contribution in [2.45, 2.75) is 58.2 Å². The summed E-state index contributed by atoms with van der Waals surface area (Å²) in [7, 11) is 0. The van der Waals surface area contributed by atoms with E-state index < -0.39 is 11.9 Å². The summed E-state index contributed by atoms with van der Waals surface area (Å²) in [5.74, 6) is 0.207. The minimum absolute atomic E-state index is 0.380. The highest BCUT2D eigenvalue weighted by atomic mass is 35.5. The van der Waals surface area contributed by atoms with E-state index >= 15 is 0 Å². The molecule has 3 rings (SSSR count). The number of ether oxygens (including phenoxy) is 4. The molecule has 1 aliphatic heterocycles. The molecule has 0 unspecified atom stereocenters. The van der Waals surface area contributed by atoms with Crippen molar-refractivity contribution in [3.63, 3.8) is 0 Å². The second kappa shape index (κ2) is 13.6. The fourth-order valence-electron chi connectivity index (χ4n) is 3.62. The standard InChI is InChI=1S/C26H35Cl2NO5/c1-26(2)33-17-20-15-19(9-10-25(20)34-26)24(30)16-29-11-4-3-5-12-31-13-14-32-18-21-22(27)7-6-8-23(21)28/h6-10,15,24,29-30H,3-5,11-14,16-18H2,1-2H3/t24-/m0/s1. The molecule has 188 valence electrons. The molecular weight excluding hydrogens is 477 g/mol. The Labute approximate surface area is 212 Å². The smallest absolute Gasteiger partial charge is 0.205 e. The van der Waals surface area contributed by atoms with Crippen LogP contribution in [0.1, 0.15) is 55.9 Å². The molecule has 2 aromatic carbocycles. The van der Waals surface area contributed by atoms with Crippen LogP contribution in [0.4, 0.5) is 0 Å². The van der Waals surface area contributed by atoms with Crippen LogP contribution in [0.15, 0.2) is 36.4 Å². The average molecular weight is 512 g/mol. The Morgan fingerprint density at radius 2 is 1.79 bits per heavy atom. The van der Waals surface area contributed by atoms with Gasteiger partial charge in [0.25, 0.3) is 0 Å². The van der Waals surface area contributed by atoms with Crippen LogP contribution in [0.3, 0.4) is 0 Å². The molecule has 8 heteroatoms. The van der Waals surface area contributed by atoms with Gasteiger partial charge in [0, 0.05) is 48.2 Å². The summed E-state index contributed by atoms with van der Waals surface area (Å²) >= 11 is 12.2. The predicted molar refractivity (Wildman–Crippen MR) is 135 cm³/mol. The fraction of sp³-hybridized carbons (Fsp3) is 0.538. The van der Waals surface area contributed by atoms with Crippen LogP contribution in [0.25, 0.3) is 0 Å². The van der Waals surface area contributed by atoms with Gasteiger partial charge in [-0.15, -0.1) is 0 Å². The summed E-state index contributed by atoms with van der Waals surface area (Å²) in [4.78, 5) is 0. The SMILES string of the molecule is CC1(C)OCc2cc([C@@H](O)CNCCCCCOCCOCc3c(Cl)cccc3Cl)ccc2O1. The number of halogens is 2. The third-order valence-electron chi connectivity index (χ3n) is 5.56. The highest BCUT2D eigenvalue weighted by Gasteiger charge is 2.27. The maximum absolute atomic E-state index is 10.5. The molecule has 1 aliphatic rings. The number of aliphatic hydroxyl groups excluding tert-OH is 1. The average Bonchev–Trinajstić information content (AvgIpc) is 2.80. The van der Waals surface area contributed by atoms with Gasteiger partial charge in [-0.1, -0.05) is 35.3 Å². The number of nitrogens with one attached hydrogen (secondary N) is 1. The molecule has 2 N–H and O–H groups in total. The Kier molecular flexibility index (Phi) is 10.9. The maximum atomic E-state index is 10.5. The van der Waals surface area contributed by atoms with E-state index in [9.17, 15) is 5.11 Å². The first-order valence-corrected chi connectivity index (χ1v) is 12.5. The summed E-state index contributed by atoms with van der Waals surface area (Å²) in [5, 5.41) is 15.0. The van der Waals surface area contributed by atoms with E-state index in [0.29, 0.717) is 49.6 Å². The zero-order chi connectivity index (χ0) is 24.4. The zero-order valence-corrected chi connectivity index (χ0v) is 21.5. The third kappa shape index (κ3) is 8.68. The number of hydrogen-bond acceptors (Lipinski definition) is 6. The molecule has 1 atom stereocenters. The lowest BCUT2D eigenvalue weighted by Gasteiger charge is -2.33. The number of rotatable bonds is 14. The normalized spacial score (nSPS) is 15.6. The van der Waals surface area contributed by atoms with Crippen molar-refractivity contribution in [2.24, 2.45) is 0 Å². The maximum Gasteiger partial charge on any atom is 0.205 e.